The Balaban J connectivity index is 1.68. The molecule has 0 aromatic rings. The van der Waals surface area contributed by atoms with Crippen LogP contribution in [0.25, 0.3) is 0 Å². The molecule has 0 N–H and O–H groups in total. The van der Waals surface area contributed by atoms with Gasteiger partial charge in [0.25, 0.3) is 0 Å². The maximum atomic E-state index is 11.6. The monoisotopic (exact) mass is 344 g/mol. The molecule has 0 radical (unpaired) electrons. The molecule has 1 heterocycles. The summed E-state index contributed by atoms with van der Waals surface area (Å²) in [5, 5.41) is 1.22. The molecule has 0 aromatic carbocycles. The van der Waals surface area contributed by atoms with E-state index in [1.165, 1.54) is 82.8 Å². The third-order valence-electron chi connectivity index (χ3n) is 4.32. The summed E-state index contributed by atoms with van der Waals surface area (Å²) in [7, 11) is 0. The minimum absolute atomic E-state index is 0.426. The van der Waals surface area contributed by atoms with E-state index in [-0.39, 0.29) is 0 Å². The van der Waals surface area contributed by atoms with E-state index in [4.69, 9.17) is 0 Å². The molecule has 130 valence electrons. The summed E-state index contributed by atoms with van der Waals surface area (Å²) in [6, 6.07) is 0. The molecular formula is C19H36OS2. The zero-order valence-electron chi connectivity index (χ0n) is 14.6. The first-order valence-corrected chi connectivity index (χ1v) is 11.6. The van der Waals surface area contributed by atoms with E-state index < -0.39 is 0 Å². The van der Waals surface area contributed by atoms with Crippen molar-refractivity contribution < 1.29 is 4.79 Å². The Kier molecular flexibility index (Phi) is 13.9. The van der Waals surface area contributed by atoms with Gasteiger partial charge in [0.05, 0.1) is 0 Å². The fraction of sp³-hybridized carbons (Fsp3) is 0.947. The minimum Gasteiger partial charge on any atom is -0.287 e. The lowest BCUT2D eigenvalue weighted by Crippen LogP contribution is -1.96. The lowest BCUT2D eigenvalue weighted by molar-refractivity contribution is -0.111. The molecule has 3 heteroatoms. The van der Waals surface area contributed by atoms with Crippen molar-refractivity contribution in [1.82, 2.24) is 0 Å². The van der Waals surface area contributed by atoms with E-state index in [9.17, 15) is 4.79 Å². The highest BCUT2D eigenvalue weighted by molar-refractivity contribution is 8.15. The van der Waals surface area contributed by atoms with Crippen molar-refractivity contribution in [2.75, 3.05) is 11.5 Å². The third-order valence-corrected chi connectivity index (χ3v) is 6.59. The van der Waals surface area contributed by atoms with E-state index in [0.717, 1.165) is 23.8 Å². The van der Waals surface area contributed by atoms with Crippen molar-refractivity contribution in [2.45, 2.75) is 102 Å². The number of carbonyl (C=O) groups is 1. The van der Waals surface area contributed by atoms with E-state index in [1.807, 2.05) is 11.8 Å². The number of rotatable bonds is 16. The second-order valence-corrected chi connectivity index (χ2v) is 9.04. The van der Waals surface area contributed by atoms with Crippen LogP contribution in [0.15, 0.2) is 0 Å². The van der Waals surface area contributed by atoms with Gasteiger partial charge < -0.3 is 0 Å². The lowest BCUT2D eigenvalue weighted by atomic mass is 10.0. The molecule has 0 bridgehead atoms. The first-order valence-electron chi connectivity index (χ1n) is 9.60. The van der Waals surface area contributed by atoms with Gasteiger partial charge in [-0.1, -0.05) is 95.7 Å². The SMILES string of the molecule is CCCCCCCCCCCCCCCC(=O)SCC1CS1. The van der Waals surface area contributed by atoms with Crippen molar-refractivity contribution in [1.29, 1.82) is 0 Å². The van der Waals surface area contributed by atoms with Crippen LogP contribution in [0, 0.1) is 0 Å². The number of hydrogen-bond acceptors (Lipinski definition) is 3. The van der Waals surface area contributed by atoms with Crippen molar-refractivity contribution in [3.63, 3.8) is 0 Å². The lowest BCUT2D eigenvalue weighted by Gasteiger charge is -2.03. The molecule has 1 aliphatic heterocycles. The standard InChI is InChI=1S/C19H36OS2/c1-2-3-4-5-6-7-8-9-10-11-12-13-14-15-19(20)22-17-18-16-21-18/h18H,2-17H2,1H3. The first-order chi connectivity index (χ1) is 10.8. The van der Waals surface area contributed by atoms with Crippen LogP contribution in [0.5, 0.6) is 0 Å². The van der Waals surface area contributed by atoms with Crippen LogP contribution in [0.2, 0.25) is 0 Å². The van der Waals surface area contributed by atoms with Crippen LogP contribution in [0.3, 0.4) is 0 Å². The van der Waals surface area contributed by atoms with Gasteiger partial charge in [0, 0.05) is 23.2 Å². The molecule has 1 atom stereocenters. The number of hydrogen-bond donors (Lipinski definition) is 0. The van der Waals surface area contributed by atoms with Gasteiger partial charge in [-0.15, -0.1) is 0 Å². The van der Waals surface area contributed by atoms with Crippen molar-refractivity contribution in [3.8, 4) is 0 Å². The van der Waals surface area contributed by atoms with Gasteiger partial charge >= 0.3 is 0 Å². The fourth-order valence-corrected chi connectivity index (χ4v) is 4.48. The van der Waals surface area contributed by atoms with Gasteiger partial charge in [-0.2, -0.15) is 11.8 Å². The van der Waals surface area contributed by atoms with E-state index in [2.05, 4.69) is 6.92 Å². The summed E-state index contributed by atoms with van der Waals surface area (Å²) in [5.74, 6) is 2.33. The highest BCUT2D eigenvalue weighted by Gasteiger charge is 2.23. The molecule has 0 aliphatic carbocycles. The molecule has 22 heavy (non-hydrogen) atoms. The largest absolute Gasteiger partial charge is 0.287 e. The summed E-state index contributed by atoms with van der Waals surface area (Å²) < 4.78 is 0. The van der Waals surface area contributed by atoms with E-state index in [0.29, 0.717) is 5.12 Å². The van der Waals surface area contributed by atoms with Crippen molar-refractivity contribution in [2.24, 2.45) is 0 Å². The van der Waals surface area contributed by atoms with Crippen LogP contribution in [-0.2, 0) is 4.79 Å². The Morgan fingerprint density at radius 2 is 1.32 bits per heavy atom. The van der Waals surface area contributed by atoms with Gasteiger partial charge in [-0.05, 0) is 6.42 Å². The molecule has 0 spiro atoms. The number of carbonyl (C=O) groups excluding carboxylic acids is 1. The normalized spacial score (nSPS) is 16.9. The number of unbranched alkanes of at least 4 members (excludes halogenated alkanes) is 12. The highest BCUT2D eigenvalue weighted by Crippen LogP contribution is 2.33. The highest BCUT2D eigenvalue weighted by atomic mass is 32.2. The van der Waals surface area contributed by atoms with Crippen LogP contribution in [-0.4, -0.2) is 21.9 Å². The molecule has 1 saturated heterocycles. The maximum Gasteiger partial charge on any atom is 0.188 e. The summed E-state index contributed by atoms with van der Waals surface area (Å²) in [6.07, 6.45) is 18.6. The van der Waals surface area contributed by atoms with Crippen LogP contribution < -0.4 is 0 Å². The zero-order valence-corrected chi connectivity index (χ0v) is 16.2. The second kappa shape index (κ2) is 14.9. The van der Waals surface area contributed by atoms with Gasteiger partial charge in [0.15, 0.2) is 5.12 Å². The molecular weight excluding hydrogens is 308 g/mol. The van der Waals surface area contributed by atoms with Crippen LogP contribution in [0.1, 0.15) is 96.8 Å². The van der Waals surface area contributed by atoms with Crippen molar-refractivity contribution in [3.05, 3.63) is 0 Å². The molecule has 1 unspecified atom stereocenters. The first kappa shape index (κ1) is 20.4. The van der Waals surface area contributed by atoms with Gasteiger partial charge in [0.2, 0.25) is 0 Å². The molecule has 0 aromatic heterocycles. The Labute approximate surface area is 147 Å². The molecule has 1 fully saturated rings. The topological polar surface area (TPSA) is 17.1 Å². The molecule has 1 aliphatic rings. The van der Waals surface area contributed by atoms with E-state index >= 15 is 0 Å². The predicted molar refractivity (Wildman–Crippen MR) is 104 cm³/mol. The Morgan fingerprint density at radius 3 is 1.77 bits per heavy atom. The Bertz CT molecular complexity index is 264. The third kappa shape index (κ3) is 14.0. The predicted octanol–water partition coefficient (Wildman–Crippen LogP) is 6.84. The fourth-order valence-electron chi connectivity index (χ4n) is 2.71. The van der Waals surface area contributed by atoms with E-state index in [1.54, 1.807) is 11.8 Å². The minimum atomic E-state index is 0.426. The molecule has 0 amide bonds. The summed E-state index contributed by atoms with van der Waals surface area (Å²) in [6.45, 7) is 2.28. The van der Waals surface area contributed by atoms with Crippen LogP contribution in [0.4, 0.5) is 0 Å². The Morgan fingerprint density at radius 1 is 0.864 bits per heavy atom. The van der Waals surface area contributed by atoms with Gasteiger partial charge in [0.1, 0.15) is 0 Å². The van der Waals surface area contributed by atoms with Gasteiger partial charge in [-0.3, -0.25) is 4.79 Å². The molecule has 1 rings (SSSR count). The average molecular weight is 345 g/mol. The molecule has 1 nitrogen and oxygen atoms in total. The average Bonchev–Trinajstić information content (AvgIpc) is 3.34. The van der Waals surface area contributed by atoms with Crippen LogP contribution >= 0.6 is 23.5 Å². The number of thioether (sulfide) groups is 2. The second-order valence-electron chi connectivity index (χ2n) is 6.63. The van der Waals surface area contributed by atoms with Crippen molar-refractivity contribution >= 4 is 28.6 Å². The quantitative estimate of drug-likeness (QED) is 0.225. The van der Waals surface area contributed by atoms with Gasteiger partial charge in [-0.25, -0.2) is 0 Å². The summed E-state index contributed by atoms with van der Waals surface area (Å²) in [5.41, 5.74) is 0. The zero-order chi connectivity index (χ0) is 15.9. The summed E-state index contributed by atoms with van der Waals surface area (Å²) in [4.78, 5) is 11.6. The Hall–Kier alpha value is 0.370. The summed E-state index contributed by atoms with van der Waals surface area (Å²) >= 11 is 3.56. The molecule has 0 saturated carbocycles. The smallest absolute Gasteiger partial charge is 0.188 e. The maximum absolute atomic E-state index is 11.6.